The first-order valence-electron chi connectivity index (χ1n) is 40.8. The maximum Gasteiger partial charge on any atom is 0.472 e. The van der Waals surface area contributed by atoms with Gasteiger partial charge in [-0.1, -0.05) is 303 Å². The van der Waals surface area contributed by atoms with Crippen LogP contribution in [-0.4, -0.2) is 96.7 Å². The number of rotatable bonds is 76. The molecule has 3 N–H and O–H groups in total. The molecule has 0 saturated carbocycles. The van der Waals surface area contributed by atoms with Crippen LogP contribution in [0, 0.1) is 0 Å². The highest BCUT2D eigenvalue weighted by atomic mass is 31.2. The lowest BCUT2D eigenvalue weighted by atomic mass is 10.0. The van der Waals surface area contributed by atoms with Crippen LogP contribution in [0.2, 0.25) is 0 Å². The van der Waals surface area contributed by atoms with E-state index in [-0.39, 0.29) is 25.7 Å². The molecule has 0 aliphatic carbocycles. The average molecular weight is 1500 g/mol. The Morgan fingerprint density at radius 1 is 0.279 bits per heavy atom. The molecule has 598 valence electrons. The molecule has 0 fully saturated rings. The summed E-state index contributed by atoms with van der Waals surface area (Å²) in [5.74, 6) is -2.26. The first-order chi connectivity index (χ1) is 50.7. The molecule has 0 spiro atoms. The highest BCUT2D eigenvalue weighted by Crippen LogP contribution is 2.45. The monoisotopic (exact) mass is 1500 g/mol. The van der Waals surface area contributed by atoms with Crippen molar-refractivity contribution in [3.63, 3.8) is 0 Å². The van der Waals surface area contributed by atoms with E-state index in [0.29, 0.717) is 32.1 Å². The zero-order chi connectivity index (χ0) is 76.0. The SMILES string of the molecule is CC/C=C\C/C=C\C/C=C\C/C=C\C/C=C\CCCC(=O)OC(COC(=O)CCCCCCCC/C=C\C/C=C\C/C=C\CCCCC)COP(=O)(O)OCC(O)COP(=O)(O)OCC(COC(=O)CCCCCCCCCCCCCCCCC)OC(=O)CCCCCCC/C=C\C/C=C\CCC. The quantitative estimate of drug-likeness (QED) is 0.0169. The fourth-order valence-electron chi connectivity index (χ4n) is 10.7. The number of phosphoric acid groups is 2. The van der Waals surface area contributed by atoms with Crippen LogP contribution in [0.15, 0.2) is 122 Å². The maximum absolute atomic E-state index is 13.1. The molecule has 5 unspecified atom stereocenters. The van der Waals surface area contributed by atoms with Crippen molar-refractivity contribution in [1.82, 2.24) is 0 Å². The summed E-state index contributed by atoms with van der Waals surface area (Å²) in [6.45, 7) is 4.61. The minimum Gasteiger partial charge on any atom is -0.462 e. The van der Waals surface area contributed by atoms with Gasteiger partial charge in [-0.25, -0.2) is 9.13 Å². The van der Waals surface area contributed by atoms with Crippen molar-refractivity contribution in [3.8, 4) is 0 Å². The van der Waals surface area contributed by atoms with Crippen LogP contribution in [0.5, 0.6) is 0 Å². The van der Waals surface area contributed by atoms with Crippen molar-refractivity contribution in [2.24, 2.45) is 0 Å². The molecule has 5 atom stereocenters. The minimum atomic E-state index is -5.00. The number of carbonyl (C=O) groups is 4. The van der Waals surface area contributed by atoms with Crippen LogP contribution in [0.1, 0.15) is 336 Å². The van der Waals surface area contributed by atoms with Crippen molar-refractivity contribution >= 4 is 39.5 Å². The predicted molar refractivity (Wildman–Crippen MR) is 427 cm³/mol. The summed E-state index contributed by atoms with van der Waals surface area (Å²) >= 11 is 0. The Morgan fingerprint density at radius 2 is 0.529 bits per heavy atom. The molecule has 0 bridgehead atoms. The van der Waals surface area contributed by atoms with Crippen molar-refractivity contribution in [2.45, 2.75) is 354 Å². The molecular weight excluding hydrogens is 1350 g/mol. The van der Waals surface area contributed by atoms with Gasteiger partial charge in [0.2, 0.25) is 0 Å². The molecule has 19 heteroatoms. The number of aliphatic hydroxyl groups is 1. The Bertz CT molecular complexity index is 2440. The molecule has 0 aromatic carbocycles. The van der Waals surface area contributed by atoms with E-state index >= 15 is 0 Å². The zero-order valence-electron chi connectivity index (χ0n) is 65.4. The molecule has 0 heterocycles. The van der Waals surface area contributed by atoms with Crippen LogP contribution in [0.3, 0.4) is 0 Å². The second-order valence-electron chi connectivity index (χ2n) is 27.0. The summed E-state index contributed by atoms with van der Waals surface area (Å²) in [5.41, 5.74) is 0. The summed E-state index contributed by atoms with van der Waals surface area (Å²) in [6.07, 6.45) is 84.7. The van der Waals surface area contributed by atoms with Crippen LogP contribution in [-0.2, 0) is 65.4 Å². The lowest BCUT2D eigenvalue weighted by molar-refractivity contribution is -0.161. The van der Waals surface area contributed by atoms with Crippen LogP contribution in [0.4, 0.5) is 0 Å². The van der Waals surface area contributed by atoms with E-state index in [1.807, 2.05) is 12.2 Å². The first kappa shape index (κ1) is 99.5. The Kier molecular flexibility index (Phi) is 73.3. The first-order valence-corrected chi connectivity index (χ1v) is 43.8. The Labute approximate surface area is 632 Å². The molecule has 0 amide bonds. The van der Waals surface area contributed by atoms with Gasteiger partial charge >= 0.3 is 39.5 Å². The Morgan fingerprint density at radius 3 is 0.865 bits per heavy atom. The molecule has 0 radical (unpaired) electrons. The number of allylic oxidation sites excluding steroid dienone is 20. The predicted octanol–water partition coefficient (Wildman–Crippen LogP) is 23.9. The summed E-state index contributed by atoms with van der Waals surface area (Å²) in [7, 11) is -9.98. The summed E-state index contributed by atoms with van der Waals surface area (Å²) in [4.78, 5) is 73.0. The molecule has 17 nitrogen and oxygen atoms in total. The van der Waals surface area contributed by atoms with Gasteiger partial charge in [0.25, 0.3) is 0 Å². The normalized spacial score (nSPS) is 14.5. The van der Waals surface area contributed by atoms with E-state index in [9.17, 15) is 43.2 Å². The minimum absolute atomic E-state index is 0.0114. The molecule has 0 saturated heterocycles. The van der Waals surface area contributed by atoms with Crippen LogP contribution < -0.4 is 0 Å². The van der Waals surface area contributed by atoms with Crippen LogP contribution in [0.25, 0.3) is 0 Å². The molecule has 0 aliphatic rings. The number of phosphoric ester groups is 2. The fraction of sp³-hybridized carbons (Fsp3) is 0.718. The van der Waals surface area contributed by atoms with E-state index in [1.54, 1.807) is 0 Å². The number of ether oxygens (including phenoxy) is 4. The smallest absolute Gasteiger partial charge is 0.462 e. The fourth-order valence-corrected chi connectivity index (χ4v) is 12.3. The summed E-state index contributed by atoms with van der Waals surface area (Å²) < 4.78 is 68.6. The largest absolute Gasteiger partial charge is 0.472 e. The zero-order valence-corrected chi connectivity index (χ0v) is 67.2. The number of unbranched alkanes of at least 4 members (excludes halogenated alkanes) is 30. The van der Waals surface area contributed by atoms with Crippen molar-refractivity contribution in [3.05, 3.63) is 122 Å². The van der Waals surface area contributed by atoms with Crippen molar-refractivity contribution in [2.75, 3.05) is 39.6 Å². The van der Waals surface area contributed by atoms with Crippen LogP contribution >= 0.6 is 15.6 Å². The molecular formula is C85H146O17P2. The van der Waals surface area contributed by atoms with E-state index < -0.39 is 97.5 Å². The standard InChI is InChI=1S/C85H146O17P2/c1-5-9-13-17-21-25-29-33-36-38-39-41-43-47-50-54-58-62-66-70-83(88)96-76-81(102-85(90)72-68-64-60-56-52-48-44-40-37-34-30-26-22-18-14-10-6-2)78-100-104(93,94)98-74-79(86)73-97-103(91,92)99-77-80(101-84(89)71-67-63-59-55-51-45-32-28-24-20-16-12-8-4)75-95-82(87)69-65-61-57-53-49-46-42-35-31-27-23-19-15-11-7-3/h10,14,16,20-22,25-26,28,32-34,36-37,39,41,44,48,56,60,79-81,86H,5-9,11-13,15,17-19,23-24,27,29-31,35,38,40,42-43,45-47,49-55,57-59,61-78H2,1-4H3,(H,91,92)(H,93,94)/b14-10-,20-16-,25-21-,26-22-,32-28-,36-33-,37-34-,41-39-,48-44-,60-56-. The average Bonchev–Trinajstić information content (AvgIpc) is 0.917. The number of hydrogen-bond acceptors (Lipinski definition) is 15. The van der Waals surface area contributed by atoms with Gasteiger partial charge in [0.15, 0.2) is 12.2 Å². The van der Waals surface area contributed by atoms with Crippen molar-refractivity contribution < 1.29 is 80.2 Å². The third-order valence-electron chi connectivity index (χ3n) is 16.9. The Balaban J connectivity index is 5.41. The van der Waals surface area contributed by atoms with Gasteiger partial charge in [-0.15, -0.1) is 0 Å². The van der Waals surface area contributed by atoms with Gasteiger partial charge in [-0.2, -0.15) is 0 Å². The van der Waals surface area contributed by atoms with Gasteiger partial charge in [0, 0.05) is 25.7 Å². The topological polar surface area (TPSA) is 237 Å². The Hall–Kier alpha value is -4.54. The van der Waals surface area contributed by atoms with E-state index in [1.165, 1.54) is 89.9 Å². The lowest BCUT2D eigenvalue weighted by Gasteiger charge is -2.21. The third-order valence-corrected chi connectivity index (χ3v) is 18.8. The number of hydrogen-bond donors (Lipinski definition) is 3. The second kappa shape index (κ2) is 76.6. The lowest BCUT2D eigenvalue weighted by Crippen LogP contribution is -2.30. The van der Waals surface area contributed by atoms with Crippen molar-refractivity contribution in [1.29, 1.82) is 0 Å². The van der Waals surface area contributed by atoms with Gasteiger partial charge in [0.05, 0.1) is 26.4 Å². The molecule has 0 aliphatic heterocycles. The molecule has 0 rings (SSSR count). The number of aliphatic hydroxyl groups excluding tert-OH is 1. The molecule has 104 heavy (non-hydrogen) atoms. The van der Waals surface area contributed by atoms with E-state index in [2.05, 4.69) is 137 Å². The number of esters is 4. The highest BCUT2D eigenvalue weighted by molar-refractivity contribution is 7.47. The third kappa shape index (κ3) is 75.7. The number of carbonyl (C=O) groups excluding carboxylic acids is 4. The van der Waals surface area contributed by atoms with Gasteiger partial charge < -0.3 is 33.8 Å². The maximum atomic E-state index is 13.1. The summed E-state index contributed by atoms with van der Waals surface area (Å²) in [5, 5.41) is 10.6. The van der Waals surface area contributed by atoms with Gasteiger partial charge in [-0.05, 0) is 128 Å². The highest BCUT2D eigenvalue weighted by Gasteiger charge is 2.30. The van der Waals surface area contributed by atoms with Gasteiger partial charge in [0.1, 0.15) is 19.3 Å². The molecule has 0 aromatic rings. The van der Waals surface area contributed by atoms with E-state index in [4.69, 9.17) is 37.0 Å². The van der Waals surface area contributed by atoms with Gasteiger partial charge in [-0.3, -0.25) is 37.3 Å². The second-order valence-corrected chi connectivity index (χ2v) is 29.9. The van der Waals surface area contributed by atoms with E-state index in [0.717, 1.165) is 161 Å². The summed E-state index contributed by atoms with van der Waals surface area (Å²) in [6, 6.07) is 0. The molecule has 0 aromatic heterocycles.